The van der Waals surface area contributed by atoms with Crippen LogP contribution in [0.3, 0.4) is 0 Å². The maximum absolute atomic E-state index is 12.5. The highest BCUT2D eigenvalue weighted by Gasteiger charge is 2.10. The van der Waals surface area contributed by atoms with E-state index in [1.165, 1.54) is 11.3 Å². The van der Waals surface area contributed by atoms with Crippen LogP contribution in [0.2, 0.25) is 0 Å². The molecular formula is C21H23N3O3S. The number of carbonyl (C=O) groups is 1. The number of hydrogen-bond donors (Lipinski definition) is 1. The highest BCUT2D eigenvalue weighted by atomic mass is 32.1. The molecule has 146 valence electrons. The van der Waals surface area contributed by atoms with E-state index in [1.807, 2.05) is 23.6 Å². The number of carbonyl (C=O) groups excluding carboxylic acids is 1. The summed E-state index contributed by atoms with van der Waals surface area (Å²) in [5, 5.41) is 4.85. The van der Waals surface area contributed by atoms with Gasteiger partial charge >= 0.3 is 0 Å². The van der Waals surface area contributed by atoms with Crippen LogP contribution < -0.4 is 14.8 Å². The van der Waals surface area contributed by atoms with E-state index in [-0.39, 0.29) is 5.91 Å². The summed E-state index contributed by atoms with van der Waals surface area (Å²) >= 11 is 1.52. The molecule has 7 heteroatoms. The lowest BCUT2D eigenvalue weighted by atomic mass is 10.2. The standard InChI is InChI=1S/C21H23N3O3S/c1-2-3-10-26-21-17(7-5-9-22-21)12-23-20(25)16-6-4-8-19(11-16)27-13-18-14-28-15-24-18/h4-9,11,14-15H,2-3,10,12-13H2,1H3,(H,23,25). The Morgan fingerprint density at radius 1 is 1.18 bits per heavy atom. The second-order valence-corrected chi connectivity index (χ2v) is 6.87. The van der Waals surface area contributed by atoms with Crippen molar-refractivity contribution in [1.29, 1.82) is 0 Å². The van der Waals surface area contributed by atoms with Gasteiger partial charge in [0.25, 0.3) is 5.91 Å². The molecule has 1 aromatic carbocycles. The predicted molar refractivity (Wildman–Crippen MR) is 109 cm³/mol. The summed E-state index contributed by atoms with van der Waals surface area (Å²) in [4.78, 5) is 21.0. The van der Waals surface area contributed by atoms with Crippen molar-refractivity contribution in [2.24, 2.45) is 0 Å². The van der Waals surface area contributed by atoms with Crippen LogP contribution in [0, 0.1) is 0 Å². The quantitative estimate of drug-likeness (QED) is 0.519. The first kappa shape index (κ1) is 19.8. The van der Waals surface area contributed by atoms with Gasteiger partial charge in [0.1, 0.15) is 12.4 Å². The van der Waals surface area contributed by atoms with Crippen molar-refractivity contribution in [3.05, 3.63) is 70.3 Å². The molecule has 2 aromatic heterocycles. The number of pyridine rings is 1. The molecule has 3 aromatic rings. The van der Waals surface area contributed by atoms with Crippen molar-refractivity contribution in [1.82, 2.24) is 15.3 Å². The molecule has 0 radical (unpaired) electrons. The van der Waals surface area contributed by atoms with Gasteiger partial charge in [-0.05, 0) is 30.7 Å². The molecule has 0 fully saturated rings. The Balaban J connectivity index is 1.57. The summed E-state index contributed by atoms with van der Waals surface area (Å²) in [6.07, 6.45) is 3.71. The monoisotopic (exact) mass is 397 g/mol. The summed E-state index contributed by atoms with van der Waals surface area (Å²) in [6.45, 7) is 3.45. The summed E-state index contributed by atoms with van der Waals surface area (Å²) in [5.41, 5.74) is 4.02. The first-order valence-corrected chi connectivity index (χ1v) is 10.2. The van der Waals surface area contributed by atoms with Crippen molar-refractivity contribution in [3.63, 3.8) is 0 Å². The zero-order valence-electron chi connectivity index (χ0n) is 15.8. The van der Waals surface area contributed by atoms with E-state index in [4.69, 9.17) is 9.47 Å². The van der Waals surface area contributed by atoms with Crippen LogP contribution in [0.1, 0.15) is 41.4 Å². The summed E-state index contributed by atoms with van der Waals surface area (Å²) in [6, 6.07) is 10.8. The third kappa shape index (κ3) is 5.79. The van der Waals surface area contributed by atoms with E-state index in [0.717, 1.165) is 24.1 Å². The molecule has 1 amide bonds. The molecule has 0 aliphatic carbocycles. The normalized spacial score (nSPS) is 10.5. The van der Waals surface area contributed by atoms with E-state index in [9.17, 15) is 4.79 Å². The minimum absolute atomic E-state index is 0.178. The van der Waals surface area contributed by atoms with Gasteiger partial charge in [-0.1, -0.05) is 25.5 Å². The van der Waals surface area contributed by atoms with Crippen molar-refractivity contribution < 1.29 is 14.3 Å². The van der Waals surface area contributed by atoms with Crippen LogP contribution >= 0.6 is 11.3 Å². The van der Waals surface area contributed by atoms with Crippen LogP contribution in [0.5, 0.6) is 11.6 Å². The van der Waals surface area contributed by atoms with E-state index in [2.05, 4.69) is 22.2 Å². The molecule has 28 heavy (non-hydrogen) atoms. The average Bonchev–Trinajstić information content (AvgIpc) is 3.25. The van der Waals surface area contributed by atoms with Crippen molar-refractivity contribution in [3.8, 4) is 11.6 Å². The first-order valence-electron chi connectivity index (χ1n) is 9.21. The molecule has 0 saturated carbocycles. The fourth-order valence-corrected chi connectivity index (χ4v) is 3.02. The Labute approximate surface area is 168 Å². The van der Waals surface area contributed by atoms with Crippen molar-refractivity contribution in [2.45, 2.75) is 32.9 Å². The predicted octanol–water partition coefficient (Wildman–Crippen LogP) is 4.23. The van der Waals surface area contributed by atoms with Gasteiger partial charge in [0.2, 0.25) is 5.88 Å². The van der Waals surface area contributed by atoms with Crippen LogP contribution in [-0.4, -0.2) is 22.5 Å². The smallest absolute Gasteiger partial charge is 0.251 e. The molecule has 6 nitrogen and oxygen atoms in total. The number of thiazole rings is 1. The van der Waals surface area contributed by atoms with E-state index in [0.29, 0.717) is 37.0 Å². The second kappa shape index (κ2) is 10.4. The minimum Gasteiger partial charge on any atom is -0.487 e. The van der Waals surface area contributed by atoms with Gasteiger partial charge in [0, 0.05) is 29.2 Å². The third-order valence-electron chi connectivity index (χ3n) is 3.99. The highest BCUT2D eigenvalue weighted by Crippen LogP contribution is 2.17. The van der Waals surface area contributed by atoms with Crippen molar-refractivity contribution >= 4 is 17.2 Å². The topological polar surface area (TPSA) is 73.3 Å². The Morgan fingerprint density at radius 3 is 2.93 bits per heavy atom. The van der Waals surface area contributed by atoms with Gasteiger partial charge < -0.3 is 14.8 Å². The maximum atomic E-state index is 12.5. The van der Waals surface area contributed by atoms with Gasteiger partial charge in [0.05, 0.1) is 17.8 Å². The molecule has 0 aliphatic rings. The van der Waals surface area contributed by atoms with Crippen LogP contribution in [0.4, 0.5) is 0 Å². The lowest BCUT2D eigenvalue weighted by Crippen LogP contribution is -2.23. The number of unbranched alkanes of at least 4 members (excludes halogenated alkanes) is 1. The van der Waals surface area contributed by atoms with Gasteiger partial charge in [-0.25, -0.2) is 9.97 Å². The fraction of sp³-hybridized carbons (Fsp3) is 0.286. The van der Waals surface area contributed by atoms with Crippen LogP contribution in [0.15, 0.2) is 53.5 Å². The Morgan fingerprint density at radius 2 is 2.11 bits per heavy atom. The third-order valence-corrected chi connectivity index (χ3v) is 4.63. The molecule has 3 rings (SSSR count). The lowest BCUT2D eigenvalue weighted by molar-refractivity contribution is 0.0950. The molecule has 0 bridgehead atoms. The molecule has 1 N–H and O–H groups in total. The first-order chi connectivity index (χ1) is 13.8. The number of aromatic nitrogens is 2. The molecule has 0 spiro atoms. The number of nitrogens with zero attached hydrogens (tertiary/aromatic N) is 2. The number of ether oxygens (including phenoxy) is 2. The largest absolute Gasteiger partial charge is 0.487 e. The summed E-state index contributed by atoms with van der Waals surface area (Å²) in [5.74, 6) is 1.02. The van der Waals surface area contributed by atoms with Crippen LogP contribution in [-0.2, 0) is 13.2 Å². The molecule has 0 unspecified atom stereocenters. The molecule has 0 aliphatic heterocycles. The maximum Gasteiger partial charge on any atom is 0.251 e. The fourth-order valence-electron chi connectivity index (χ4n) is 2.47. The lowest BCUT2D eigenvalue weighted by Gasteiger charge is -2.11. The Bertz CT molecular complexity index is 884. The zero-order valence-corrected chi connectivity index (χ0v) is 16.6. The molecule has 0 saturated heterocycles. The van der Waals surface area contributed by atoms with E-state index >= 15 is 0 Å². The highest BCUT2D eigenvalue weighted by molar-refractivity contribution is 7.07. The number of rotatable bonds is 10. The zero-order chi connectivity index (χ0) is 19.6. The number of nitrogens with one attached hydrogen (secondary N) is 1. The molecule has 0 atom stereocenters. The van der Waals surface area contributed by atoms with Crippen molar-refractivity contribution in [2.75, 3.05) is 6.61 Å². The van der Waals surface area contributed by atoms with Crippen LogP contribution in [0.25, 0.3) is 0 Å². The Kier molecular flexibility index (Phi) is 7.37. The van der Waals surface area contributed by atoms with Gasteiger partial charge in [0.15, 0.2) is 0 Å². The van der Waals surface area contributed by atoms with Gasteiger partial charge in [-0.3, -0.25) is 4.79 Å². The number of amides is 1. The number of benzene rings is 1. The van der Waals surface area contributed by atoms with E-state index in [1.54, 1.807) is 29.9 Å². The Hall–Kier alpha value is -2.93. The second-order valence-electron chi connectivity index (χ2n) is 6.15. The van der Waals surface area contributed by atoms with Gasteiger partial charge in [-0.15, -0.1) is 11.3 Å². The molecular weight excluding hydrogens is 374 g/mol. The average molecular weight is 398 g/mol. The minimum atomic E-state index is -0.178. The number of hydrogen-bond acceptors (Lipinski definition) is 6. The van der Waals surface area contributed by atoms with Gasteiger partial charge in [-0.2, -0.15) is 0 Å². The summed E-state index contributed by atoms with van der Waals surface area (Å²) in [7, 11) is 0. The molecule has 2 heterocycles. The van der Waals surface area contributed by atoms with E-state index < -0.39 is 0 Å². The summed E-state index contributed by atoms with van der Waals surface area (Å²) < 4.78 is 11.4. The SMILES string of the molecule is CCCCOc1ncccc1CNC(=O)c1cccc(OCc2cscn2)c1.